The molecule has 0 aliphatic rings. The molecule has 1 amide bonds. The number of rotatable bonds is 4. The van der Waals surface area contributed by atoms with E-state index in [0.29, 0.717) is 24.0 Å². The third-order valence-electron chi connectivity index (χ3n) is 4.21. The van der Waals surface area contributed by atoms with Gasteiger partial charge < -0.3 is 10.3 Å². The van der Waals surface area contributed by atoms with Crippen LogP contribution < -0.4 is 10.9 Å². The van der Waals surface area contributed by atoms with Gasteiger partial charge >= 0.3 is 0 Å². The van der Waals surface area contributed by atoms with Crippen molar-refractivity contribution in [3.63, 3.8) is 0 Å². The fourth-order valence-corrected chi connectivity index (χ4v) is 2.94. The molecule has 0 atom stereocenters. The maximum Gasteiger partial charge on any atom is 0.274 e. The molecule has 0 fully saturated rings. The van der Waals surface area contributed by atoms with Crippen molar-refractivity contribution in [3.8, 4) is 0 Å². The SMILES string of the molecule is O=C(NCCn1ncc2ccccc2c1=O)c1cccc2[nH]ccc12. The number of nitrogens with one attached hydrogen (secondary N) is 2. The zero-order chi connectivity index (χ0) is 17.2. The van der Waals surface area contributed by atoms with Gasteiger partial charge in [-0.05, 0) is 24.3 Å². The van der Waals surface area contributed by atoms with Crippen molar-refractivity contribution in [2.24, 2.45) is 0 Å². The minimum atomic E-state index is -0.168. The minimum Gasteiger partial charge on any atom is -0.361 e. The number of benzene rings is 2. The van der Waals surface area contributed by atoms with Crippen molar-refractivity contribution in [1.82, 2.24) is 20.1 Å². The van der Waals surface area contributed by atoms with E-state index in [1.807, 2.05) is 36.4 Å². The van der Waals surface area contributed by atoms with E-state index in [1.54, 1.807) is 24.5 Å². The van der Waals surface area contributed by atoms with Crippen LogP contribution in [0.1, 0.15) is 10.4 Å². The second-order valence-electron chi connectivity index (χ2n) is 5.76. The predicted molar refractivity (Wildman–Crippen MR) is 96.6 cm³/mol. The van der Waals surface area contributed by atoms with Crippen LogP contribution in [0.5, 0.6) is 0 Å². The molecule has 2 aromatic carbocycles. The highest BCUT2D eigenvalue weighted by Gasteiger charge is 2.10. The maximum absolute atomic E-state index is 12.4. The number of H-pyrrole nitrogens is 1. The van der Waals surface area contributed by atoms with Crippen LogP contribution >= 0.6 is 0 Å². The quantitative estimate of drug-likeness (QED) is 0.602. The molecule has 2 heterocycles. The summed E-state index contributed by atoms with van der Waals surface area (Å²) in [4.78, 5) is 27.9. The summed E-state index contributed by atoms with van der Waals surface area (Å²) in [7, 11) is 0. The number of fused-ring (bicyclic) bond motifs is 2. The molecule has 0 saturated heterocycles. The number of carbonyl (C=O) groups is 1. The Morgan fingerprint density at radius 1 is 1.08 bits per heavy atom. The average molecular weight is 332 g/mol. The van der Waals surface area contributed by atoms with Crippen LogP contribution in [0.15, 0.2) is 65.7 Å². The molecule has 0 saturated carbocycles. The van der Waals surface area contributed by atoms with Crippen LogP contribution in [-0.2, 0) is 6.54 Å². The molecule has 0 spiro atoms. The zero-order valence-corrected chi connectivity index (χ0v) is 13.4. The van der Waals surface area contributed by atoms with Crippen molar-refractivity contribution < 1.29 is 4.79 Å². The molecule has 2 aromatic heterocycles. The summed E-state index contributed by atoms with van der Waals surface area (Å²) >= 11 is 0. The Hall–Kier alpha value is -3.41. The van der Waals surface area contributed by atoms with Crippen molar-refractivity contribution in [3.05, 3.63) is 76.8 Å². The van der Waals surface area contributed by atoms with Gasteiger partial charge in [0.05, 0.1) is 18.1 Å². The number of aromatic amines is 1. The second-order valence-corrected chi connectivity index (χ2v) is 5.76. The van der Waals surface area contributed by atoms with Crippen molar-refractivity contribution in [1.29, 1.82) is 0 Å². The molecule has 4 aromatic rings. The number of hydrogen-bond acceptors (Lipinski definition) is 3. The first-order valence-electron chi connectivity index (χ1n) is 8.03. The lowest BCUT2D eigenvalue weighted by atomic mass is 10.1. The van der Waals surface area contributed by atoms with E-state index in [0.717, 1.165) is 16.3 Å². The van der Waals surface area contributed by atoms with Crippen LogP contribution in [0.2, 0.25) is 0 Å². The Bertz CT molecular complexity index is 1130. The Morgan fingerprint density at radius 2 is 1.96 bits per heavy atom. The van der Waals surface area contributed by atoms with Gasteiger partial charge in [-0.2, -0.15) is 5.10 Å². The number of carbonyl (C=O) groups excluding carboxylic acids is 1. The molecule has 0 aliphatic carbocycles. The number of aromatic nitrogens is 3. The van der Waals surface area contributed by atoms with Gasteiger partial charge in [-0.25, -0.2) is 4.68 Å². The van der Waals surface area contributed by atoms with E-state index in [-0.39, 0.29) is 11.5 Å². The fraction of sp³-hybridized carbons (Fsp3) is 0.105. The Labute approximate surface area is 143 Å². The molecule has 25 heavy (non-hydrogen) atoms. The molecule has 0 aliphatic heterocycles. The largest absolute Gasteiger partial charge is 0.361 e. The number of amides is 1. The first-order valence-corrected chi connectivity index (χ1v) is 8.03. The summed E-state index contributed by atoms with van der Waals surface area (Å²) in [6.45, 7) is 0.642. The van der Waals surface area contributed by atoms with Gasteiger partial charge in [0.25, 0.3) is 11.5 Å². The Balaban J connectivity index is 1.49. The molecular formula is C19H16N4O2. The summed E-state index contributed by atoms with van der Waals surface area (Å²) in [5.41, 5.74) is 1.37. The smallest absolute Gasteiger partial charge is 0.274 e. The van der Waals surface area contributed by atoms with E-state index in [2.05, 4.69) is 15.4 Å². The Morgan fingerprint density at radius 3 is 2.88 bits per heavy atom. The summed E-state index contributed by atoms with van der Waals surface area (Å²) in [6, 6.07) is 14.7. The first-order chi connectivity index (χ1) is 12.2. The summed E-state index contributed by atoms with van der Waals surface area (Å²) in [6.07, 6.45) is 3.47. The first kappa shape index (κ1) is 15.1. The topological polar surface area (TPSA) is 79.8 Å². The monoisotopic (exact) mass is 332 g/mol. The highest BCUT2D eigenvalue weighted by molar-refractivity contribution is 6.06. The molecule has 0 bridgehead atoms. The van der Waals surface area contributed by atoms with Crippen molar-refractivity contribution in [2.75, 3.05) is 6.54 Å². The van der Waals surface area contributed by atoms with Crippen molar-refractivity contribution >= 4 is 27.6 Å². The highest BCUT2D eigenvalue weighted by atomic mass is 16.2. The highest BCUT2D eigenvalue weighted by Crippen LogP contribution is 2.17. The molecule has 2 N–H and O–H groups in total. The van der Waals surface area contributed by atoms with E-state index in [4.69, 9.17) is 0 Å². The predicted octanol–water partition coefficient (Wildman–Crippen LogP) is 2.31. The minimum absolute atomic E-state index is 0.153. The Kier molecular flexibility index (Phi) is 3.78. The standard InChI is InChI=1S/C19H16N4O2/c24-18(16-6-3-7-17-15(16)8-9-20-17)21-10-11-23-19(25)14-5-2-1-4-13(14)12-22-23/h1-9,12,20H,10-11H2,(H,21,24). The molecule has 6 heteroatoms. The van der Waals surface area contributed by atoms with Gasteiger partial charge in [0.2, 0.25) is 0 Å². The van der Waals surface area contributed by atoms with Gasteiger partial charge in [-0.3, -0.25) is 9.59 Å². The van der Waals surface area contributed by atoms with Gasteiger partial charge in [-0.1, -0.05) is 24.3 Å². The van der Waals surface area contributed by atoms with Gasteiger partial charge in [0.15, 0.2) is 0 Å². The van der Waals surface area contributed by atoms with Gasteiger partial charge in [0, 0.05) is 34.6 Å². The van der Waals surface area contributed by atoms with Crippen LogP contribution in [0, 0.1) is 0 Å². The number of hydrogen-bond donors (Lipinski definition) is 2. The van der Waals surface area contributed by atoms with E-state index < -0.39 is 0 Å². The number of nitrogens with zero attached hydrogens (tertiary/aromatic N) is 2. The van der Waals surface area contributed by atoms with Crippen LogP contribution in [0.3, 0.4) is 0 Å². The molecule has 124 valence electrons. The fourth-order valence-electron chi connectivity index (χ4n) is 2.94. The second kappa shape index (κ2) is 6.24. The maximum atomic E-state index is 12.4. The van der Waals surface area contributed by atoms with Gasteiger partial charge in [0.1, 0.15) is 0 Å². The average Bonchev–Trinajstić information content (AvgIpc) is 3.12. The lowest BCUT2D eigenvalue weighted by molar-refractivity contribution is 0.0953. The van der Waals surface area contributed by atoms with E-state index in [1.165, 1.54) is 4.68 Å². The molecule has 6 nitrogen and oxygen atoms in total. The third kappa shape index (κ3) is 2.78. The van der Waals surface area contributed by atoms with Gasteiger partial charge in [-0.15, -0.1) is 0 Å². The van der Waals surface area contributed by atoms with E-state index >= 15 is 0 Å². The summed E-state index contributed by atoms with van der Waals surface area (Å²) in [5, 5.41) is 9.33. The summed E-state index contributed by atoms with van der Waals surface area (Å²) < 4.78 is 1.37. The lowest BCUT2D eigenvalue weighted by Gasteiger charge is -2.08. The molecule has 0 unspecified atom stereocenters. The van der Waals surface area contributed by atoms with Crippen molar-refractivity contribution in [2.45, 2.75) is 6.54 Å². The normalized spacial score (nSPS) is 11.0. The third-order valence-corrected chi connectivity index (χ3v) is 4.21. The summed E-state index contributed by atoms with van der Waals surface area (Å²) in [5.74, 6) is -0.168. The molecular weight excluding hydrogens is 316 g/mol. The lowest BCUT2D eigenvalue weighted by Crippen LogP contribution is -2.32. The molecule has 0 radical (unpaired) electrons. The zero-order valence-electron chi connectivity index (χ0n) is 13.4. The van der Waals surface area contributed by atoms with Crippen LogP contribution in [0.4, 0.5) is 0 Å². The van der Waals surface area contributed by atoms with E-state index in [9.17, 15) is 9.59 Å². The van der Waals surface area contributed by atoms with Crippen LogP contribution in [-0.4, -0.2) is 27.2 Å². The molecule has 4 rings (SSSR count). The van der Waals surface area contributed by atoms with Crippen LogP contribution in [0.25, 0.3) is 21.7 Å².